The van der Waals surface area contributed by atoms with E-state index in [4.69, 9.17) is 4.55 Å². The van der Waals surface area contributed by atoms with Crippen LogP contribution in [0.15, 0.2) is 0 Å². The van der Waals surface area contributed by atoms with Crippen molar-refractivity contribution in [2.45, 2.75) is 57.8 Å². The Kier molecular flexibility index (Phi) is 7.58. The molecule has 0 aliphatic carbocycles. The summed E-state index contributed by atoms with van der Waals surface area (Å²) in [4.78, 5) is 11.5. The van der Waals surface area contributed by atoms with Gasteiger partial charge in [-0.3, -0.25) is 9.35 Å². The molecule has 0 bridgehead atoms. The first-order valence-electron chi connectivity index (χ1n) is 5.97. The molecular formula is C11H22O5S. The topological polar surface area (TPSA) is 91.7 Å². The molecule has 0 radical (unpaired) electrons. The largest absolute Gasteiger partial charge is 0.375 e. The number of Topliss-reactive ketones (excluding diaryl/α,β-unsaturated/α-hetero) is 1. The smallest absolute Gasteiger partial charge is 0.292 e. The van der Waals surface area contributed by atoms with Crippen LogP contribution >= 0.6 is 0 Å². The molecule has 0 amide bonds. The van der Waals surface area contributed by atoms with Gasteiger partial charge in [0.1, 0.15) is 5.78 Å². The average Bonchev–Trinajstić information content (AvgIpc) is 2.25. The number of aliphatic hydroxyl groups excluding tert-OH is 1. The van der Waals surface area contributed by atoms with E-state index in [1.165, 1.54) is 6.92 Å². The molecule has 0 aliphatic heterocycles. The second kappa shape index (κ2) is 7.79. The highest BCUT2D eigenvalue weighted by atomic mass is 32.2. The van der Waals surface area contributed by atoms with Crippen molar-refractivity contribution in [3.63, 3.8) is 0 Å². The molecule has 102 valence electrons. The SMILES string of the molecule is CCCCCCCC(=O)C(C)C(O)S(=O)(=O)O. The van der Waals surface area contributed by atoms with Crippen LogP contribution in [-0.4, -0.2) is 29.3 Å². The van der Waals surface area contributed by atoms with Crippen LogP contribution < -0.4 is 0 Å². The molecule has 0 aromatic heterocycles. The van der Waals surface area contributed by atoms with Gasteiger partial charge in [0.25, 0.3) is 10.1 Å². The average molecular weight is 266 g/mol. The van der Waals surface area contributed by atoms with Gasteiger partial charge >= 0.3 is 0 Å². The minimum absolute atomic E-state index is 0.247. The number of ketones is 1. The fourth-order valence-electron chi connectivity index (χ4n) is 1.55. The zero-order chi connectivity index (χ0) is 13.5. The van der Waals surface area contributed by atoms with E-state index in [-0.39, 0.29) is 12.2 Å². The van der Waals surface area contributed by atoms with E-state index in [2.05, 4.69) is 6.92 Å². The summed E-state index contributed by atoms with van der Waals surface area (Å²) < 4.78 is 29.9. The van der Waals surface area contributed by atoms with E-state index in [1.807, 2.05) is 0 Å². The van der Waals surface area contributed by atoms with Gasteiger partial charge in [-0.2, -0.15) is 8.42 Å². The van der Waals surface area contributed by atoms with Crippen LogP contribution in [-0.2, 0) is 14.9 Å². The van der Waals surface area contributed by atoms with E-state index in [9.17, 15) is 18.3 Å². The lowest BCUT2D eigenvalue weighted by molar-refractivity contribution is -0.124. The Hall–Kier alpha value is -0.460. The van der Waals surface area contributed by atoms with Gasteiger partial charge in [0.15, 0.2) is 5.44 Å². The van der Waals surface area contributed by atoms with Crippen LogP contribution in [0, 0.1) is 5.92 Å². The standard InChI is InChI=1S/C11H22O5S/c1-3-4-5-6-7-8-10(12)9(2)11(13)17(14,15)16/h9,11,13H,3-8H2,1-2H3,(H,14,15,16). The molecule has 0 spiro atoms. The number of carbonyl (C=O) groups is 1. The zero-order valence-electron chi connectivity index (χ0n) is 10.4. The number of hydrogen-bond donors (Lipinski definition) is 2. The molecule has 5 nitrogen and oxygen atoms in total. The first-order chi connectivity index (χ1) is 7.80. The molecule has 2 unspecified atom stereocenters. The number of aliphatic hydroxyl groups is 1. The second-order valence-electron chi connectivity index (χ2n) is 4.32. The maximum absolute atomic E-state index is 11.5. The van der Waals surface area contributed by atoms with Crippen molar-refractivity contribution >= 4 is 15.9 Å². The maximum atomic E-state index is 11.5. The molecule has 0 rings (SSSR count). The highest BCUT2D eigenvalue weighted by Gasteiger charge is 2.30. The maximum Gasteiger partial charge on any atom is 0.292 e. The number of carbonyl (C=O) groups excluding carboxylic acids is 1. The van der Waals surface area contributed by atoms with E-state index < -0.39 is 21.5 Å². The van der Waals surface area contributed by atoms with Crippen molar-refractivity contribution in [2.75, 3.05) is 0 Å². The summed E-state index contributed by atoms with van der Waals surface area (Å²) in [5.74, 6) is -1.40. The Morgan fingerprint density at radius 2 is 1.71 bits per heavy atom. The van der Waals surface area contributed by atoms with E-state index >= 15 is 0 Å². The minimum atomic E-state index is -4.55. The van der Waals surface area contributed by atoms with Crippen molar-refractivity contribution in [3.05, 3.63) is 0 Å². The Bertz CT molecular complexity index is 323. The molecule has 0 saturated carbocycles. The Balaban J connectivity index is 3.98. The lowest BCUT2D eigenvalue weighted by atomic mass is 10.0. The lowest BCUT2D eigenvalue weighted by Gasteiger charge is -2.14. The second-order valence-corrected chi connectivity index (χ2v) is 5.84. The van der Waals surface area contributed by atoms with Crippen LogP contribution in [0.3, 0.4) is 0 Å². The fourth-order valence-corrected chi connectivity index (χ4v) is 2.22. The highest BCUT2D eigenvalue weighted by Crippen LogP contribution is 2.14. The molecular weight excluding hydrogens is 244 g/mol. The van der Waals surface area contributed by atoms with Crippen molar-refractivity contribution in [1.82, 2.24) is 0 Å². The predicted octanol–water partition coefficient (Wildman–Crippen LogP) is 1.76. The van der Waals surface area contributed by atoms with Crippen LogP contribution in [0.2, 0.25) is 0 Å². The summed E-state index contributed by atoms with van der Waals surface area (Å²) in [6, 6.07) is 0. The minimum Gasteiger partial charge on any atom is -0.375 e. The van der Waals surface area contributed by atoms with E-state index in [1.54, 1.807) is 0 Å². The molecule has 0 heterocycles. The molecule has 0 aromatic carbocycles. The molecule has 0 aromatic rings. The quantitative estimate of drug-likeness (QED) is 0.490. The van der Waals surface area contributed by atoms with Crippen molar-refractivity contribution in [1.29, 1.82) is 0 Å². The molecule has 2 N–H and O–H groups in total. The van der Waals surface area contributed by atoms with E-state index in [0.29, 0.717) is 6.42 Å². The Morgan fingerprint density at radius 1 is 1.18 bits per heavy atom. The van der Waals surface area contributed by atoms with Gasteiger partial charge in [-0.05, 0) is 6.42 Å². The Labute approximate surface area is 103 Å². The van der Waals surface area contributed by atoms with Crippen LogP contribution in [0.25, 0.3) is 0 Å². The van der Waals surface area contributed by atoms with Crippen LogP contribution in [0.5, 0.6) is 0 Å². The summed E-state index contributed by atoms with van der Waals surface area (Å²) >= 11 is 0. The summed E-state index contributed by atoms with van der Waals surface area (Å²) in [6.07, 6.45) is 5.16. The molecule has 0 saturated heterocycles. The summed E-state index contributed by atoms with van der Waals surface area (Å²) in [5.41, 5.74) is -2.01. The molecule has 2 atom stereocenters. The third kappa shape index (κ3) is 6.75. The van der Waals surface area contributed by atoms with Gasteiger partial charge < -0.3 is 5.11 Å². The molecule has 0 fully saturated rings. The van der Waals surface area contributed by atoms with Gasteiger partial charge in [-0.15, -0.1) is 0 Å². The summed E-state index contributed by atoms with van der Waals surface area (Å²) in [6.45, 7) is 3.41. The monoisotopic (exact) mass is 266 g/mol. The first-order valence-corrected chi connectivity index (χ1v) is 7.48. The Morgan fingerprint density at radius 3 is 2.18 bits per heavy atom. The number of hydrogen-bond acceptors (Lipinski definition) is 4. The molecule has 17 heavy (non-hydrogen) atoms. The lowest BCUT2D eigenvalue weighted by Crippen LogP contribution is -2.32. The van der Waals surface area contributed by atoms with Gasteiger partial charge in [-0.25, -0.2) is 0 Å². The fraction of sp³-hybridized carbons (Fsp3) is 0.909. The van der Waals surface area contributed by atoms with E-state index in [0.717, 1.165) is 25.7 Å². The summed E-state index contributed by atoms with van der Waals surface area (Å²) in [5, 5.41) is 9.21. The third-order valence-electron chi connectivity index (χ3n) is 2.77. The van der Waals surface area contributed by atoms with Gasteiger partial charge in [0.2, 0.25) is 0 Å². The highest BCUT2D eigenvalue weighted by molar-refractivity contribution is 7.86. The normalized spacial score (nSPS) is 15.5. The van der Waals surface area contributed by atoms with Gasteiger partial charge in [0.05, 0.1) is 5.92 Å². The first kappa shape index (κ1) is 16.5. The zero-order valence-corrected chi connectivity index (χ0v) is 11.2. The van der Waals surface area contributed by atoms with Crippen LogP contribution in [0.4, 0.5) is 0 Å². The van der Waals surface area contributed by atoms with Crippen molar-refractivity contribution in [3.8, 4) is 0 Å². The number of unbranched alkanes of at least 4 members (excludes halogenated alkanes) is 4. The number of rotatable bonds is 9. The van der Waals surface area contributed by atoms with Crippen molar-refractivity contribution < 1.29 is 22.9 Å². The van der Waals surface area contributed by atoms with Gasteiger partial charge in [-0.1, -0.05) is 39.5 Å². The molecule has 0 aliphatic rings. The van der Waals surface area contributed by atoms with Gasteiger partial charge in [0, 0.05) is 6.42 Å². The van der Waals surface area contributed by atoms with Crippen molar-refractivity contribution in [2.24, 2.45) is 5.92 Å². The third-order valence-corrected chi connectivity index (χ3v) is 3.79. The van der Waals surface area contributed by atoms with Crippen LogP contribution in [0.1, 0.15) is 52.4 Å². The molecule has 6 heteroatoms. The predicted molar refractivity (Wildman–Crippen MR) is 65.1 cm³/mol. The summed E-state index contributed by atoms with van der Waals surface area (Å²) in [7, 11) is -4.55.